The van der Waals surface area contributed by atoms with Crippen molar-refractivity contribution >= 4 is 0 Å². The third kappa shape index (κ3) is 3.55. The standard InChI is InChI=1S/C18H22O6/c1-22-13-6-4-11(5-7-13)14(10-19)17(20)12-8-15(23-2)18(21)16(9-12)24-3/h4-9,14,17,19-21H,10H2,1-3H3/t14-,17+/m0/s1. The number of ether oxygens (including phenoxy) is 3. The number of phenols is 1. The average Bonchev–Trinajstić information content (AvgIpc) is 2.63. The fourth-order valence-electron chi connectivity index (χ4n) is 2.56. The van der Waals surface area contributed by atoms with Gasteiger partial charge in [0.1, 0.15) is 5.75 Å². The molecule has 0 bridgehead atoms. The average molecular weight is 334 g/mol. The van der Waals surface area contributed by atoms with Gasteiger partial charge in [-0.2, -0.15) is 0 Å². The maximum atomic E-state index is 10.7. The molecule has 0 radical (unpaired) electrons. The summed E-state index contributed by atoms with van der Waals surface area (Å²) >= 11 is 0. The minimum absolute atomic E-state index is 0.138. The number of phenolic OH excluding ortho intramolecular Hbond substituents is 1. The lowest BCUT2D eigenvalue weighted by Crippen LogP contribution is -2.15. The van der Waals surface area contributed by atoms with Crippen LogP contribution in [0.15, 0.2) is 36.4 Å². The van der Waals surface area contributed by atoms with Gasteiger partial charge in [0, 0.05) is 5.92 Å². The molecule has 3 N–H and O–H groups in total. The Morgan fingerprint density at radius 2 is 1.42 bits per heavy atom. The normalized spacial score (nSPS) is 13.2. The van der Waals surface area contributed by atoms with Crippen molar-refractivity contribution < 1.29 is 29.5 Å². The van der Waals surface area contributed by atoms with Gasteiger partial charge in [-0.15, -0.1) is 0 Å². The molecule has 0 aliphatic carbocycles. The van der Waals surface area contributed by atoms with Crippen molar-refractivity contribution in [2.24, 2.45) is 0 Å². The van der Waals surface area contributed by atoms with E-state index in [-0.39, 0.29) is 23.9 Å². The molecule has 0 aromatic heterocycles. The summed E-state index contributed by atoms with van der Waals surface area (Å²) in [5.74, 6) is 0.387. The fourth-order valence-corrected chi connectivity index (χ4v) is 2.56. The van der Waals surface area contributed by atoms with E-state index < -0.39 is 12.0 Å². The Morgan fingerprint density at radius 1 is 0.875 bits per heavy atom. The van der Waals surface area contributed by atoms with E-state index >= 15 is 0 Å². The number of aliphatic hydroxyl groups is 2. The second kappa shape index (κ2) is 7.90. The zero-order chi connectivity index (χ0) is 17.7. The van der Waals surface area contributed by atoms with E-state index in [1.54, 1.807) is 31.4 Å². The minimum Gasteiger partial charge on any atom is -0.502 e. The largest absolute Gasteiger partial charge is 0.502 e. The lowest BCUT2D eigenvalue weighted by molar-refractivity contribution is 0.106. The Balaban J connectivity index is 2.38. The van der Waals surface area contributed by atoms with E-state index in [1.807, 2.05) is 0 Å². The Bertz CT molecular complexity index is 643. The van der Waals surface area contributed by atoms with Gasteiger partial charge in [0.05, 0.1) is 34.0 Å². The van der Waals surface area contributed by atoms with Crippen LogP contribution < -0.4 is 14.2 Å². The van der Waals surface area contributed by atoms with Gasteiger partial charge < -0.3 is 29.5 Å². The predicted molar refractivity (Wildman–Crippen MR) is 89.0 cm³/mol. The molecule has 24 heavy (non-hydrogen) atoms. The van der Waals surface area contributed by atoms with E-state index in [2.05, 4.69) is 0 Å². The Hall–Kier alpha value is -2.44. The van der Waals surface area contributed by atoms with Crippen molar-refractivity contribution in [3.63, 3.8) is 0 Å². The summed E-state index contributed by atoms with van der Waals surface area (Å²) in [6.45, 7) is -0.251. The van der Waals surface area contributed by atoms with Gasteiger partial charge in [0.2, 0.25) is 5.75 Å². The number of benzene rings is 2. The monoisotopic (exact) mass is 334 g/mol. The topological polar surface area (TPSA) is 88.4 Å². The summed E-state index contributed by atoms with van der Waals surface area (Å²) in [6, 6.07) is 10.2. The number of methoxy groups -OCH3 is 3. The van der Waals surface area contributed by atoms with Crippen LogP contribution in [-0.2, 0) is 0 Å². The van der Waals surface area contributed by atoms with E-state index in [0.29, 0.717) is 11.3 Å². The first-order valence-corrected chi connectivity index (χ1v) is 7.43. The number of hydrogen-bond acceptors (Lipinski definition) is 6. The molecule has 0 aliphatic heterocycles. The quantitative estimate of drug-likeness (QED) is 0.720. The zero-order valence-electron chi connectivity index (χ0n) is 13.9. The maximum Gasteiger partial charge on any atom is 0.200 e. The van der Waals surface area contributed by atoms with Gasteiger partial charge in [-0.25, -0.2) is 0 Å². The van der Waals surface area contributed by atoms with Crippen LogP contribution in [0.2, 0.25) is 0 Å². The summed E-state index contributed by atoms with van der Waals surface area (Å²) in [7, 11) is 4.40. The van der Waals surface area contributed by atoms with E-state index in [1.165, 1.54) is 26.4 Å². The van der Waals surface area contributed by atoms with Crippen LogP contribution in [0.4, 0.5) is 0 Å². The van der Waals surface area contributed by atoms with E-state index in [0.717, 1.165) is 5.56 Å². The molecule has 6 nitrogen and oxygen atoms in total. The van der Waals surface area contributed by atoms with Gasteiger partial charge in [0.25, 0.3) is 0 Å². The lowest BCUT2D eigenvalue weighted by Gasteiger charge is -2.23. The SMILES string of the molecule is COc1ccc([C@H](CO)[C@H](O)c2cc(OC)c(O)c(OC)c2)cc1. The molecular weight excluding hydrogens is 312 g/mol. The number of aromatic hydroxyl groups is 1. The molecule has 2 aromatic rings. The molecule has 6 heteroatoms. The van der Waals surface area contributed by atoms with E-state index in [9.17, 15) is 15.3 Å². The van der Waals surface area contributed by atoms with Gasteiger partial charge in [-0.1, -0.05) is 12.1 Å². The van der Waals surface area contributed by atoms with Gasteiger partial charge in [0.15, 0.2) is 11.5 Å². The molecule has 2 rings (SSSR count). The molecule has 0 fully saturated rings. The van der Waals surface area contributed by atoms with Crippen LogP contribution in [-0.4, -0.2) is 43.3 Å². The van der Waals surface area contributed by atoms with Crippen molar-refractivity contribution in [3.8, 4) is 23.0 Å². The first-order valence-electron chi connectivity index (χ1n) is 7.43. The molecule has 130 valence electrons. The Morgan fingerprint density at radius 3 is 1.83 bits per heavy atom. The molecule has 0 amide bonds. The third-order valence-electron chi connectivity index (χ3n) is 3.97. The van der Waals surface area contributed by atoms with Crippen LogP contribution in [0.3, 0.4) is 0 Å². The summed E-state index contributed by atoms with van der Waals surface area (Å²) in [5, 5.41) is 30.4. The molecule has 0 aliphatic rings. The lowest BCUT2D eigenvalue weighted by atomic mass is 9.89. The molecule has 0 unspecified atom stereocenters. The van der Waals surface area contributed by atoms with Crippen LogP contribution in [0.25, 0.3) is 0 Å². The maximum absolute atomic E-state index is 10.7. The second-order valence-electron chi connectivity index (χ2n) is 5.28. The molecular formula is C18H22O6. The second-order valence-corrected chi connectivity index (χ2v) is 5.28. The molecule has 0 heterocycles. The Labute approximate surface area is 140 Å². The Kier molecular flexibility index (Phi) is 5.89. The van der Waals surface area contributed by atoms with Crippen molar-refractivity contribution in [2.75, 3.05) is 27.9 Å². The van der Waals surface area contributed by atoms with E-state index in [4.69, 9.17) is 14.2 Å². The van der Waals surface area contributed by atoms with Crippen LogP contribution in [0.1, 0.15) is 23.1 Å². The first-order chi connectivity index (χ1) is 11.5. The highest BCUT2D eigenvalue weighted by Gasteiger charge is 2.25. The molecule has 2 atom stereocenters. The van der Waals surface area contributed by atoms with Crippen LogP contribution in [0, 0.1) is 0 Å². The number of aliphatic hydroxyl groups excluding tert-OH is 2. The smallest absolute Gasteiger partial charge is 0.200 e. The zero-order valence-corrected chi connectivity index (χ0v) is 13.9. The molecule has 0 saturated heterocycles. The molecule has 2 aromatic carbocycles. The van der Waals surface area contributed by atoms with Crippen molar-refractivity contribution in [3.05, 3.63) is 47.5 Å². The number of hydrogen-bond donors (Lipinski definition) is 3. The highest BCUT2D eigenvalue weighted by molar-refractivity contribution is 5.53. The molecule has 0 saturated carbocycles. The first kappa shape index (κ1) is 17.9. The highest BCUT2D eigenvalue weighted by Crippen LogP contribution is 2.41. The van der Waals surface area contributed by atoms with Crippen molar-refractivity contribution in [2.45, 2.75) is 12.0 Å². The van der Waals surface area contributed by atoms with Crippen LogP contribution >= 0.6 is 0 Å². The number of rotatable bonds is 7. The van der Waals surface area contributed by atoms with Crippen molar-refractivity contribution in [1.82, 2.24) is 0 Å². The molecule has 0 spiro atoms. The summed E-state index contributed by atoms with van der Waals surface area (Å²) < 4.78 is 15.3. The summed E-state index contributed by atoms with van der Waals surface area (Å²) in [6.07, 6.45) is -1.01. The van der Waals surface area contributed by atoms with Gasteiger partial charge in [-0.05, 0) is 35.4 Å². The highest BCUT2D eigenvalue weighted by atomic mass is 16.5. The summed E-state index contributed by atoms with van der Waals surface area (Å²) in [4.78, 5) is 0. The van der Waals surface area contributed by atoms with Gasteiger partial charge in [-0.3, -0.25) is 0 Å². The minimum atomic E-state index is -1.01. The predicted octanol–water partition coefficient (Wildman–Crippen LogP) is 2.23. The summed E-state index contributed by atoms with van der Waals surface area (Å²) in [5.41, 5.74) is 1.23. The van der Waals surface area contributed by atoms with Crippen LogP contribution in [0.5, 0.6) is 23.0 Å². The van der Waals surface area contributed by atoms with Crippen molar-refractivity contribution in [1.29, 1.82) is 0 Å². The third-order valence-corrected chi connectivity index (χ3v) is 3.97. The van der Waals surface area contributed by atoms with Gasteiger partial charge >= 0.3 is 0 Å². The fraction of sp³-hybridized carbons (Fsp3) is 0.333.